The van der Waals surface area contributed by atoms with Crippen LogP contribution in [0.3, 0.4) is 0 Å². The van der Waals surface area contributed by atoms with Gasteiger partial charge in [0.1, 0.15) is 11.1 Å². The van der Waals surface area contributed by atoms with Crippen molar-refractivity contribution in [2.45, 2.75) is 46.6 Å². The molecule has 0 unspecified atom stereocenters. The van der Waals surface area contributed by atoms with E-state index in [2.05, 4.69) is 13.8 Å². The highest BCUT2D eigenvalue weighted by molar-refractivity contribution is 6.22. The van der Waals surface area contributed by atoms with Crippen molar-refractivity contribution in [2.75, 3.05) is 35.0 Å². The third-order valence-electron chi connectivity index (χ3n) is 8.47. The lowest BCUT2D eigenvalue weighted by atomic mass is 9.97. The molecule has 0 aliphatic heterocycles. The van der Waals surface area contributed by atoms with Crippen molar-refractivity contribution in [1.82, 2.24) is 4.40 Å². The Morgan fingerprint density at radius 1 is 0.745 bits per heavy atom. The second kappa shape index (κ2) is 13.0. The normalized spacial score (nSPS) is 12.3. The molecule has 1 atom stereocenters. The van der Waals surface area contributed by atoms with Gasteiger partial charge in [0.15, 0.2) is 34.5 Å². The Bertz CT molecular complexity index is 2160. The predicted octanol–water partition coefficient (Wildman–Crippen LogP) is 8.66. The molecule has 3 aromatic heterocycles. The molecule has 47 heavy (non-hydrogen) atoms. The molecule has 0 saturated heterocycles. The molecule has 9 heteroatoms. The van der Waals surface area contributed by atoms with Crippen LogP contribution in [0.1, 0.15) is 40.5 Å². The van der Waals surface area contributed by atoms with Gasteiger partial charge in [-0.1, -0.05) is 26.3 Å². The molecule has 3 heterocycles. The number of hydrogen-bond acceptors (Lipinski definition) is 8. The topological polar surface area (TPSA) is 90.0 Å². The summed E-state index contributed by atoms with van der Waals surface area (Å²) in [5, 5.41) is 3.19. The van der Waals surface area contributed by atoms with Crippen LogP contribution in [-0.2, 0) is 0 Å². The van der Waals surface area contributed by atoms with Gasteiger partial charge in [0.2, 0.25) is 0 Å². The van der Waals surface area contributed by atoms with E-state index >= 15 is 0 Å². The van der Waals surface area contributed by atoms with E-state index in [1.165, 1.54) is 0 Å². The standard InChI is InChI=1S/C38H41NO8/c1-9-10-22(4)20-45-32-16-24(11-12-27(32)41-5)34-35-26-18-31(44-8)33(46-21(2)3)19-28(26)47-38(40)37(35)39-14-13-23-15-29(42-6)30(43-7)17-25(23)36(34)39/h11-19,21-22H,9-10,20H2,1-8H3/t22-/m0/s1. The minimum absolute atomic E-state index is 0.111. The largest absolute Gasteiger partial charge is 0.493 e. The van der Waals surface area contributed by atoms with Gasteiger partial charge in [-0.3, -0.25) is 0 Å². The quantitative estimate of drug-likeness (QED) is 0.123. The third kappa shape index (κ3) is 5.64. The number of rotatable bonds is 12. The Morgan fingerprint density at radius 2 is 1.43 bits per heavy atom. The zero-order valence-corrected chi connectivity index (χ0v) is 28.2. The molecule has 0 aliphatic carbocycles. The van der Waals surface area contributed by atoms with E-state index in [9.17, 15) is 4.79 Å². The fourth-order valence-corrected chi connectivity index (χ4v) is 6.37. The summed E-state index contributed by atoms with van der Waals surface area (Å²) in [5.41, 5.74) is 2.77. The van der Waals surface area contributed by atoms with Crippen LogP contribution in [0.4, 0.5) is 0 Å². The first-order valence-electron chi connectivity index (χ1n) is 15.9. The van der Waals surface area contributed by atoms with Crippen molar-refractivity contribution < 1.29 is 32.8 Å². The number of hydrogen-bond donors (Lipinski definition) is 0. The maximum atomic E-state index is 14.0. The first kappa shape index (κ1) is 31.9. The third-order valence-corrected chi connectivity index (χ3v) is 8.47. The van der Waals surface area contributed by atoms with Crippen molar-refractivity contribution in [3.05, 3.63) is 65.1 Å². The minimum atomic E-state index is -0.479. The molecule has 0 spiro atoms. The Balaban J connectivity index is 1.76. The van der Waals surface area contributed by atoms with Gasteiger partial charge in [0.05, 0.1) is 46.7 Å². The average molecular weight is 640 g/mol. The monoisotopic (exact) mass is 639 g/mol. The van der Waals surface area contributed by atoms with Crippen LogP contribution in [0.2, 0.25) is 0 Å². The Morgan fingerprint density at radius 3 is 2.11 bits per heavy atom. The Kier molecular flexibility index (Phi) is 8.82. The summed E-state index contributed by atoms with van der Waals surface area (Å²) >= 11 is 0. The number of ether oxygens (including phenoxy) is 6. The molecule has 0 saturated carbocycles. The summed E-state index contributed by atoms with van der Waals surface area (Å²) in [6.45, 7) is 8.76. The van der Waals surface area contributed by atoms with Gasteiger partial charge in [-0.2, -0.15) is 0 Å². The van der Waals surface area contributed by atoms with E-state index in [0.717, 1.165) is 40.3 Å². The van der Waals surface area contributed by atoms with Crippen LogP contribution in [0, 0.1) is 5.92 Å². The molecule has 0 aliphatic rings. The van der Waals surface area contributed by atoms with Crippen molar-refractivity contribution in [3.8, 4) is 45.6 Å². The lowest BCUT2D eigenvalue weighted by Gasteiger charge is -2.16. The van der Waals surface area contributed by atoms with Gasteiger partial charge in [0.25, 0.3) is 0 Å². The fraction of sp³-hybridized carbons (Fsp3) is 0.342. The van der Waals surface area contributed by atoms with Crippen LogP contribution in [0.5, 0.6) is 34.5 Å². The molecular weight excluding hydrogens is 598 g/mol. The Hall–Kier alpha value is -5.05. The van der Waals surface area contributed by atoms with Gasteiger partial charge < -0.3 is 37.2 Å². The molecule has 0 N–H and O–H groups in total. The van der Waals surface area contributed by atoms with Crippen molar-refractivity contribution in [2.24, 2.45) is 5.92 Å². The number of fused-ring (bicyclic) bond motifs is 7. The van der Waals surface area contributed by atoms with Crippen LogP contribution < -0.4 is 34.0 Å². The summed E-state index contributed by atoms with van der Waals surface area (Å²) in [5.74, 6) is 3.83. The number of nitrogens with zero attached hydrogens (tertiary/aromatic N) is 1. The number of aromatic nitrogens is 1. The van der Waals surface area contributed by atoms with E-state index in [-0.39, 0.29) is 6.10 Å². The van der Waals surface area contributed by atoms with Gasteiger partial charge in [-0.15, -0.1) is 0 Å². The summed E-state index contributed by atoms with van der Waals surface area (Å²) in [4.78, 5) is 14.0. The number of benzene rings is 3. The van der Waals surface area contributed by atoms with Gasteiger partial charge in [0, 0.05) is 34.0 Å². The van der Waals surface area contributed by atoms with Gasteiger partial charge >= 0.3 is 5.63 Å². The van der Waals surface area contributed by atoms with E-state index in [1.54, 1.807) is 34.5 Å². The summed E-state index contributed by atoms with van der Waals surface area (Å²) in [7, 11) is 6.45. The lowest BCUT2D eigenvalue weighted by molar-refractivity contribution is 0.230. The number of pyridine rings is 1. The lowest BCUT2D eigenvalue weighted by Crippen LogP contribution is -2.09. The molecule has 6 rings (SSSR count). The molecule has 0 fully saturated rings. The van der Waals surface area contributed by atoms with Crippen LogP contribution in [-0.4, -0.2) is 45.6 Å². The molecule has 6 aromatic rings. The minimum Gasteiger partial charge on any atom is -0.493 e. The van der Waals surface area contributed by atoms with E-state index in [4.69, 9.17) is 32.8 Å². The summed E-state index contributed by atoms with van der Waals surface area (Å²) < 4.78 is 43.1. The molecule has 246 valence electrons. The number of methoxy groups -OCH3 is 4. The second-order valence-corrected chi connectivity index (χ2v) is 12.1. The van der Waals surface area contributed by atoms with E-state index in [0.29, 0.717) is 68.9 Å². The zero-order chi connectivity index (χ0) is 33.4. The maximum Gasteiger partial charge on any atom is 0.361 e. The smallest absolute Gasteiger partial charge is 0.361 e. The molecule has 3 aromatic carbocycles. The van der Waals surface area contributed by atoms with E-state index in [1.807, 2.05) is 66.9 Å². The highest BCUT2D eigenvalue weighted by Crippen LogP contribution is 2.46. The highest BCUT2D eigenvalue weighted by atomic mass is 16.5. The van der Waals surface area contributed by atoms with Gasteiger partial charge in [-0.05, 0) is 73.5 Å². The average Bonchev–Trinajstić information content (AvgIpc) is 3.42. The predicted molar refractivity (Wildman–Crippen MR) is 185 cm³/mol. The first-order chi connectivity index (χ1) is 22.7. The first-order valence-corrected chi connectivity index (χ1v) is 15.9. The molecule has 0 radical (unpaired) electrons. The zero-order valence-electron chi connectivity index (χ0n) is 28.2. The van der Waals surface area contributed by atoms with Crippen LogP contribution in [0.25, 0.3) is 49.3 Å². The molecule has 0 bridgehead atoms. The van der Waals surface area contributed by atoms with Gasteiger partial charge in [-0.25, -0.2) is 4.79 Å². The van der Waals surface area contributed by atoms with Crippen LogP contribution in [0.15, 0.2) is 63.9 Å². The van der Waals surface area contributed by atoms with E-state index < -0.39 is 5.63 Å². The van der Waals surface area contributed by atoms with Crippen molar-refractivity contribution in [1.29, 1.82) is 0 Å². The Labute approximate surface area is 273 Å². The highest BCUT2D eigenvalue weighted by Gasteiger charge is 2.25. The summed E-state index contributed by atoms with van der Waals surface area (Å²) in [6.07, 6.45) is 3.91. The van der Waals surface area contributed by atoms with Crippen molar-refractivity contribution in [3.63, 3.8) is 0 Å². The van der Waals surface area contributed by atoms with Crippen LogP contribution >= 0.6 is 0 Å². The molecular formula is C38H41NO8. The van der Waals surface area contributed by atoms with Crippen molar-refractivity contribution >= 4 is 38.2 Å². The molecule has 9 nitrogen and oxygen atoms in total. The molecule has 0 amide bonds. The SMILES string of the molecule is CCC[C@H](C)COc1cc(-c2c3c4cc(OC)c(OC(C)C)cc4oc(=O)c3n3ccc4cc(OC)c(OC)cc4c23)ccc1OC. The second-order valence-electron chi connectivity index (χ2n) is 12.1. The maximum absolute atomic E-state index is 14.0. The summed E-state index contributed by atoms with van der Waals surface area (Å²) in [6, 6.07) is 15.3. The fourth-order valence-electron chi connectivity index (χ4n) is 6.37.